The van der Waals surface area contributed by atoms with E-state index < -0.39 is 6.10 Å². The van der Waals surface area contributed by atoms with Gasteiger partial charge in [-0.3, -0.25) is 4.68 Å². The Hall–Kier alpha value is -1.61. The van der Waals surface area contributed by atoms with Crippen molar-refractivity contribution in [2.45, 2.75) is 44.2 Å². The molecule has 1 heterocycles. The van der Waals surface area contributed by atoms with Crippen LogP contribution in [-0.4, -0.2) is 14.9 Å². The minimum atomic E-state index is -0.455. The van der Waals surface area contributed by atoms with Gasteiger partial charge in [-0.1, -0.05) is 36.8 Å². The van der Waals surface area contributed by atoms with Gasteiger partial charge in [-0.05, 0) is 25.3 Å². The molecule has 0 aliphatic heterocycles. The fourth-order valence-electron chi connectivity index (χ4n) is 3.06. The number of hydrogen-bond acceptors (Lipinski definition) is 2. The van der Waals surface area contributed by atoms with Crippen LogP contribution in [0.3, 0.4) is 0 Å². The second kappa shape index (κ2) is 4.82. The third-order valence-corrected chi connectivity index (χ3v) is 4.41. The number of hydrogen-bond donors (Lipinski definition) is 1. The predicted octanol–water partition coefficient (Wildman–Crippen LogP) is 3.06. The second-order valence-electron chi connectivity index (χ2n) is 5.41. The Kier molecular flexibility index (Phi) is 3.15. The lowest BCUT2D eigenvalue weighted by Crippen LogP contribution is -2.40. The average molecular weight is 256 g/mol. The quantitative estimate of drug-likeness (QED) is 0.913. The summed E-state index contributed by atoms with van der Waals surface area (Å²) in [5.41, 5.74) is 2.08. The summed E-state index contributed by atoms with van der Waals surface area (Å²) in [7, 11) is 0. The molecule has 1 unspecified atom stereocenters. The van der Waals surface area contributed by atoms with E-state index in [1.807, 2.05) is 16.9 Å². The summed E-state index contributed by atoms with van der Waals surface area (Å²) in [6, 6.07) is 10.4. The predicted molar refractivity (Wildman–Crippen MR) is 74.8 cm³/mol. The molecule has 0 saturated heterocycles. The molecule has 3 nitrogen and oxygen atoms in total. The molecule has 1 atom stereocenters. The van der Waals surface area contributed by atoms with Crippen molar-refractivity contribution >= 4 is 0 Å². The summed E-state index contributed by atoms with van der Waals surface area (Å²) in [6.45, 7) is 2.89. The minimum absolute atomic E-state index is 0.108. The van der Waals surface area contributed by atoms with E-state index in [0.29, 0.717) is 0 Å². The fraction of sp³-hybridized carbons (Fsp3) is 0.438. The van der Waals surface area contributed by atoms with E-state index in [9.17, 15) is 5.11 Å². The normalized spacial score (nSPS) is 18.8. The third kappa shape index (κ3) is 1.98. The standard InChI is InChI=1S/C16H20N2O/c1-2-18-12-13(11-17-18)15(19)16(9-6-10-16)14-7-4-3-5-8-14/h3-5,7-8,11-12,15,19H,2,6,9-10H2,1H3. The first-order valence-corrected chi connectivity index (χ1v) is 7.02. The molecule has 0 bridgehead atoms. The summed E-state index contributed by atoms with van der Waals surface area (Å²) in [6.07, 6.45) is 6.60. The van der Waals surface area contributed by atoms with Crippen molar-refractivity contribution in [2.24, 2.45) is 0 Å². The van der Waals surface area contributed by atoms with Gasteiger partial charge in [0.1, 0.15) is 0 Å². The lowest BCUT2D eigenvalue weighted by molar-refractivity contribution is 0.0267. The van der Waals surface area contributed by atoms with Crippen LogP contribution in [0, 0.1) is 0 Å². The maximum atomic E-state index is 10.8. The molecule has 1 aliphatic carbocycles. The van der Waals surface area contributed by atoms with E-state index in [4.69, 9.17) is 0 Å². The van der Waals surface area contributed by atoms with Gasteiger partial charge >= 0.3 is 0 Å². The van der Waals surface area contributed by atoms with Gasteiger partial charge in [-0.2, -0.15) is 5.10 Å². The van der Waals surface area contributed by atoms with Crippen molar-refractivity contribution < 1.29 is 5.11 Å². The molecular weight excluding hydrogens is 236 g/mol. The van der Waals surface area contributed by atoms with E-state index in [1.165, 1.54) is 12.0 Å². The van der Waals surface area contributed by atoms with Gasteiger partial charge in [-0.25, -0.2) is 0 Å². The molecule has 1 N–H and O–H groups in total. The zero-order chi connectivity index (χ0) is 13.3. The van der Waals surface area contributed by atoms with Crippen LogP contribution < -0.4 is 0 Å². The van der Waals surface area contributed by atoms with Crippen LogP contribution in [0.15, 0.2) is 42.7 Å². The number of aryl methyl sites for hydroxylation is 1. The monoisotopic (exact) mass is 256 g/mol. The summed E-state index contributed by atoms with van der Waals surface area (Å²) in [5, 5.41) is 15.1. The molecule has 3 heteroatoms. The number of aromatic nitrogens is 2. The number of aliphatic hydroxyl groups is 1. The number of rotatable bonds is 4. The van der Waals surface area contributed by atoms with Crippen molar-refractivity contribution in [3.63, 3.8) is 0 Å². The highest BCUT2D eigenvalue weighted by molar-refractivity contribution is 5.33. The summed E-state index contributed by atoms with van der Waals surface area (Å²) >= 11 is 0. The summed E-state index contributed by atoms with van der Waals surface area (Å²) < 4.78 is 1.87. The first kappa shape index (κ1) is 12.4. The van der Waals surface area contributed by atoms with Crippen molar-refractivity contribution in [1.82, 2.24) is 9.78 Å². The highest BCUT2D eigenvalue weighted by atomic mass is 16.3. The number of aliphatic hydroxyl groups excluding tert-OH is 1. The Bertz CT molecular complexity index is 543. The molecule has 1 saturated carbocycles. The molecule has 100 valence electrons. The van der Waals surface area contributed by atoms with Crippen molar-refractivity contribution in [1.29, 1.82) is 0 Å². The topological polar surface area (TPSA) is 38.0 Å². The van der Waals surface area contributed by atoms with Gasteiger partial charge in [0.2, 0.25) is 0 Å². The van der Waals surface area contributed by atoms with Crippen LogP contribution in [0.4, 0.5) is 0 Å². The van der Waals surface area contributed by atoms with Crippen LogP contribution in [-0.2, 0) is 12.0 Å². The molecule has 2 aromatic rings. The number of nitrogens with zero attached hydrogens (tertiary/aromatic N) is 2. The van der Waals surface area contributed by atoms with E-state index in [-0.39, 0.29) is 5.41 Å². The van der Waals surface area contributed by atoms with Gasteiger partial charge in [0, 0.05) is 23.7 Å². The van der Waals surface area contributed by atoms with Gasteiger partial charge in [0.05, 0.1) is 12.3 Å². The zero-order valence-corrected chi connectivity index (χ0v) is 11.3. The smallest absolute Gasteiger partial charge is 0.0916 e. The largest absolute Gasteiger partial charge is 0.387 e. The summed E-state index contributed by atoms with van der Waals surface area (Å²) in [4.78, 5) is 0. The molecule has 0 amide bonds. The first-order valence-electron chi connectivity index (χ1n) is 7.02. The van der Waals surface area contributed by atoms with Crippen molar-refractivity contribution in [2.75, 3.05) is 0 Å². The lowest BCUT2D eigenvalue weighted by atomic mass is 9.60. The van der Waals surface area contributed by atoms with Crippen LogP contribution >= 0.6 is 0 Å². The number of benzene rings is 1. The molecule has 1 aromatic heterocycles. The van der Waals surface area contributed by atoms with Gasteiger partial charge in [-0.15, -0.1) is 0 Å². The van der Waals surface area contributed by atoms with Crippen LogP contribution in [0.5, 0.6) is 0 Å². The zero-order valence-electron chi connectivity index (χ0n) is 11.3. The van der Waals surface area contributed by atoms with Crippen LogP contribution in [0.1, 0.15) is 43.4 Å². The highest BCUT2D eigenvalue weighted by Gasteiger charge is 2.45. The van der Waals surface area contributed by atoms with E-state index in [0.717, 1.165) is 24.9 Å². The highest BCUT2D eigenvalue weighted by Crippen LogP contribution is 2.51. The molecule has 1 aliphatic rings. The van der Waals surface area contributed by atoms with Crippen molar-refractivity contribution in [3.8, 4) is 0 Å². The fourth-order valence-corrected chi connectivity index (χ4v) is 3.06. The maximum absolute atomic E-state index is 10.8. The molecule has 0 spiro atoms. The third-order valence-electron chi connectivity index (χ3n) is 4.41. The van der Waals surface area contributed by atoms with E-state index >= 15 is 0 Å². The maximum Gasteiger partial charge on any atom is 0.0916 e. The Labute approximate surface area is 113 Å². The van der Waals surface area contributed by atoms with Crippen LogP contribution in [0.2, 0.25) is 0 Å². The van der Waals surface area contributed by atoms with Gasteiger partial charge in [0.25, 0.3) is 0 Å². The Morgan fingerprint density at radius 2 is 2.05 bits per heavy atom. The minimum Gasteiger partial charge on any atom is -0.387 e. The lowest BCUT2D eigenvalue weighted by Gasteiger charge is -2.45. The molecule has 1 aromatic carbocycles. The Morgan fingerprint density at radius 1 is 1.32 bits per heavy atom. The Morgan fingerprint density at radius 3 is 2.58 bits per heavy atom. The van der Waals surface area contributed by atoms with Gasteiger partial charge < -0.3 is 5.11 Å². The second-order valence-corrected chi connectivity index (χ2v) is 5.41. The molecule has 19 heavy (non-hydrogen) atoms. The SMILES string of the molecule is CCn1cc(C(O)C2(c3ccccc3)CCC2)cn1. The molecule has 0 radical (unpaired) electrons. The summed E-state index contributed by atoms with van der Waals surface area (Å²) in [5.74, 6) is 0. The van der Waals surface area contributed by atoms with E-state index in [2.05, 4.69) is 36.3 Å². The average Bonchev–Trinajstić information content (AvgIpc) is 2.87. The Balaban J connectivity index is 1.94. The van der Waals surface area contributed by atoms with Crippen molar-refractivity contribution in [3.05, 3.63) is 53.9 Å². The van der Waals surface area contributed by atoms with Gasteiger partial charge in [0.15, 0.2) is 0 Å². The molecule has 1 fully saturated rings. The first-order chi connectivity index (χ1) is 9.26. The van der Waals surface area contributed by atoms with Crippen LogP contribution in [0.25, 0.3) is 0 Å². The molecular formula is C16H20N2O. The van der Waals surface area contributed by atoms with E-state index in [1.54, 1.807) is 6.20 Å². The molecule has 3 rings (SSSR count).